The van der Waals surface area contributed by atoms with E-state index in [2.05, 4.69) is 43.2 Å². The van der Waals surface area contributed by atoms with Crippen LogP contribution >= 0.6 is 0 Å². The second kappa shape index (κ2) is 6.63. The van der Waals surface area contributed by atoms with Gasteiger partial charge in [0.2, 0.25) is 5.91 Å². The van der Waals surface area contributed by atoms with Gasteiger partial charge in [0.05, 0.1) is 0 Å². The molecule has 2 rings (SSSR count). The first-order chi connectivity index (χ1) is 9.90. The summed E-state index contributed by atoms with van der Waals surface area (Å²) in [5.74, 6) is 1.69. The van der Waals surface area contributed by atoms with Crippen LogP contribution in [-0.2, 0) is 11.2 Å². The molecule has 1 aliphatic rings. The van der Waals surface area contributed by atoms with Gasteiger partial charge in [-0.05, 0) is 43.4 Å². The molecule has 1 aromatic heterocycles. The van der Waals surface area contributed by atoms with Crippen molar-refractivity contribution in [2.75, 3.05) is 5.32 Å². The Morgan fingerprint density at radius 2 is 2.00 bits per heavy atom. The number of anilines is 1. The van der Waals surface area contributed by atoms with Crippen molar-refractivity contribution in [3.8, 4) is 0 Å². The van der Waals surface area contributed by atoms with Crippen LogP contribution in [-0.4, -0.2) is 16.1 Å². The molecule has 4 heteroatoms. The summed E-state index contributed by atoms with van der Waals surface area (Å²) in [6.07, 6.45) is 6.36. The van der Waals surface area contributed by atoms with E-state index in [1.807, 2.05) is 6.07 Å². The first kappa shape index (κ1) is 16.1. The Balaban J connectivity index is 1.84. The maximum Gasteiger partial charge on any atom is 0.228 e. The molecule has 1 saturated carbocycles. The van der Waals surface area contributed by atoms with Gasteiger partial charge in [0, 0.05) is 17.7 Å². The minimum Gasteiger partial charge on any atom is -0.309 e. The van der Waals surface area contributed by atoms with Gasteiger partial charge >= 0.3 is 0 Å². The Labute approximate surface area is 128 Å². The third-order valence-corrected chi connectivity index (χ3v) is 4.72. The highest BCUT2D eigenvalue weighted by molar-refractivity contribution is 5.91. The van der Waals surface area contributed by atoms with E-state index in [-0.39, 0.29) is 11.8 Å². The number of aromatic amines is 1. The first-order valence-electron chi connectivity index (χ1n) is 8.25. The number of rotatable bonds is 4. The first-order valence-corrected chi connectivity index (χ1v) is 8.25. The number of aryl methyl sites for hydroxylation is 1. The molecule has 1 heterocycles. The maximum absolute atomic E-state index is 12.3. The van der Waals surface area contributed by atoms with Crippen LogP contribution in [0, 0.1) is 17.3 Å². The van der Waals surface area contributed by atoms with E-state index in [4.69, 9.17) is 0 Å². The molecule has 118 valence electrons. The molecule has 0 aromatic carbocycles. The Hall–Kier alpha value is -1.32. The Bertz CT molecular complexity index is 465. The molecular weight excluding hydrogens is 262 g/mol. The third kappa shape index (κ3) is 4.32. The molecule has 0 saturated heterocycles. The SMILES string of the molecule is CCCc1cc(NC(=O)C2CCC(C(C)(C)C)CC2)n[nH]1. The quantitative estimate of drug-likeness (QED) is 0.875. The summed E-state index contributed by atoms with van der Waals surface area (Å²) in [4.78, 5) is 12.3. The van der Waals surface area contributed by atoms with Crippen molar-refractivity contribution in [2.45, 2.75) is 66.2 Å². The number of carbonyl (C=O) groups excluding carboxylic acids is 1. The number of nitrogens with one attached hydrogen (secondary N) is 2. The summed E-state index contributed by atoms with van der Waals surface area (Å²) in [6.45, 7) is 9.04. The van der Waals surface area contributed by atoms with E-state index in [1.54, 1.807) is 0 Å². The number of nitrogens with zero attached hydrogens (tertiary/aromatic N) is 1. The molecule has 0 radical (unpaired) electrons. The van der Waals surface area contributed by atoms with E-state index < -0.39 is 0 Å². The molecule has 1 fully saturated rings. The minimum absolute atomic E-state index is 0.136. The maximum atomic E-state index is 12.3. The van der Waals surface area contributed by atoms with Gasteiger partial charge in [0.15, 0.2) is 5.82 Å². The van der Waals surface area contributed by atoms with Gasteiger partial charge in [-0.1, -0.05) is 34.1 Å². The van der Waals surface area contributed by atoms with Crippen molar-refractivity contribution in [1.82, 2.24) is 10.2 Å². The van der Waals surface area contributed by atoms with Crippen LogP contribution in [0.4, 0.5) is 5.82 Å². The molecule has 0 atom stereocenters. The highest BCUT2D eigenvalue weighted by Crippen LogP contribution is 2.40. The van der Waals surface area contributed by atoms with Crippen molar-refractivity contribution >= 4 is 11.7 Å². The lowest BCUT2D eigenvalue weighted by atomic mass is 9.70. The normalized spacial score (nSPS) is 23.0. The number of H-pyrrole nitrogens is 1. The predicted molar refractivity (Wildman–Crippen MR) is 86.1 cm³/mol. The van der Waals surface area contributed by atoms with Crippen LogP contribution < -0.4 is 5.32 Å². The van der Waals surface area contributed by atoms with Crippen LogP contribution in [0.15, 0.2) is 6.07 Å². The Morgan fingerprint density at radius 1 is 1.33 bits per heavy atom. The zero-order valence-electron chi connectivity index (χ0n) is 13.8. The van der Waals surface area contributed by atoms with Gasteiger partial charge in [-0.2, -0.15) is 5.10 Å². The topological polar surface area (TPSA) is 57.8 Å². The van der Waals surface area contributed by atoms with Gasteiger partial charge in [-0.25, -0.2) is 0 Å². The fourth-order valence-corrected chi connectivity index (χ4v) is 3.27. The molecule has 2 N–H and O–H groups in total. The second-order valence-electron chi connectivity index (χ2n) is 7.43. The number of hydrogen-bond acceptors (Lipinski definition) is 2. The highest BCUT2D eigenvalue weighted by atomic mass is 16.1. The average molecular weight is 291 g/mol. The van der Waals surface area contributed by atoms with Gasteiger partial charge in [0.25, 0.3) is 0 Å². The van der Waals surface area contributed by atoms with Crippen molar-refractivity contribution in [3.63, 3.8) is 0 Å². The molecule has 0 spiro atoms. The second-order valence-corrected chi connectivity index (χ2v) is 7.43. The van der Waals surface area contributed by atoms with E-state index in [9.17, 15) is 4.79 Å². The van der Waals surface area contributed by atoms with Crippen molar-refractivity contribution in [3.05, 3.63) is 11.8 Å². The molecule has 0 unspecified atom stereocenters. The predicted octanol–water partition coefficient (Wildman–Crippen LogP) is 4.15. The Kier molecular flexibility index (Phi) is 5.07. The van der Waals surface area contributed by atoms with Gasteiger partial charge in [0.1, 0.15) is 0 Å². The summed E-state index contributed by atoms with van der Waals surface area (Å²) in [6, 6.07) is 1.95. The van der Waals surface area contributed by atoms with Gasteiger partial charge in [-0.15, -0.1) is 0 Å². The van der Waals surface area contributed by atoms with Crippen molar-refractivity contribution in [2.24, 2.45) is 17.3 Å². The van der Waals surface area contributed by atoms with E-state index in [0.29, 0.717) is 11.2 Å². The van der Waals surface area contributed by atoms with Crippen LogP contribution in [0.2, 0.25) is 0 Å². The summed E-state index contributed by atoms with van der Waals surface area (Å²) >= 11 is 0. The number of hydrogen-bond donors (Lipinski definition) is 2. The fraction of sp³-hybridized carbons (Fsp3) is 0.765. The van der Waals surface area contributed by atoms with Crippen LogP contribution in [0.5, 0.6) is 0 Å². The smallest absolute Gasteiger partial charge is 0.228 e. The summed E-state index contributed by atoms with van der Waals surface area (Å²) < 4.78 is 0. The van der Waals surface area contributed by atoms with Crippen LogP contribution in [0.3, 0.4) is 0 Å². The minimum atomic E-state index is 0.136. The lowest BCUT2D eigenvalue weighted by Crippen LogP contribution is -2.31. The van der Waals surface area contributed by atoms with E-state index in [1.165, 1.54) is 0 Å². The lowest BCUT2D eigenvalue weighted by molar-refractivity contribution is -0.121. The van der Waals surface area contributed by atoms with Gasteiger partial charge < -0.3 is 5.32 Å². The number of amides is 1. The zero-order chi connectivity index (χ0) is 15.5. The molecule has 1 aliphatic carbocycles. The van der Waals surface area contributed by atoms with Crippen LogP contribution in [0.25, 0.3) is 0 Å². The highest BCUT2D eigenvalue weighted by Gasteiger charge is 2.32. The summed E-state index contributed by atoms with van der Waals surface area (Å²) in [7, 11) is 0. The van der Waals surface area contributed by atoms with Crippen molar-refractivity contribution in [1.29, 1.82) is 0 Å². The molecule has 21 heavy (non-hydrogen) atoms. The standard InChI is InChI=1S/C17H29N3O/c1-5-6-14-11-15(20-19-14)18-16(21)12-7-9-13(10-8-12)17(2,3)4/h11-13H,5-10H2,1-4H3,(H2,18,19,20,21). The fourth-order valence-electron chi connectivity index (χ4n) is 3.27. The number of aromatic nitrogens is 2. The molecule has 0 aliphatic heterocycles. The number of carbonyl (C=O) groups is 1. The lowest BCUT2D eigenvalue weighted by Gasteiger charge is -2.36. The monoisotopic (exact) mass is 291 g/mol. The van der Waals surface area contributed by atoms with Crippen molar-refractivity contribution < 1.29 is 4.79 Å². The third-order valence-electron chi connectivity index (χ3n) is 4.72. The molecule has 4 nitrogen and oxygen atoms in total. The zero-order valence-corrected chi connectivity index (χ0v) is 13.8. The van der Waals surface area contributed by atoms with Gasteiger partial charge in [-0.3, -0.25) is 9.89 Å². The average Bonchev–Trinajstić information content (AvgIpc) is 2.86. The molecular formula is C17H29N3O. The van der Waals surface area contributed by atoms with E-state index in [0.717, 1.165) is 50.1 Å². The summed E-state index contributed by atoms with van der Waals surface area (Å²) in [5.41, 5.74) is 1.45. The molecule has 1 aromatic rings. The molecule has 1 amide bonds. The van der Waals surface area contributed by atoms with E-state index >= 15 is 0 Å². The molecule has 0 bridgehead atoms. The summed E-state index contributed by atoms with van der Waals surface area (Å²) in [5, 5.41) is 10.1. The largest absolute Gasteiger partial charge is 0.309 e. The Morgan fingerprint density at radius 3 is 2.57 bits per heavy atom. The van der Waals surface area contributed by atoms with Crippen LogP contribution in [0.1, 0.15) is 65.5 Å².